The van der Waals surface area contributed by atoms with Crippen LogP contribution in [0.3, 0.4) is 0 Å². The molecule has 3 rings (SSSR count). The average Bonchev–Trinajstić information content (AvgIpc) is 2.92. The van der Waals surface area contributed by atoms with Crippen molar-refractivity contribution in [2.75, 3.05) is 0 Å². The molecule has 2 aliphatic rings. The van der Waals surface area contributed by atoms with Crippen molar-refractivity contribution in [3.8, 4) is 0 Å². The SMILES string of the molecule is CC1CCCCC1N1C(=N)C(C=N)=C1c1ccc[nH]1. The van der Waals surface area contributed by atoms with Crippen LogP contribution in [0.4, 0.5) is 0 Å². The second kappa shape index (κ2) is 4.68. The number of amidine groups is 1. The molecule has 0 aromatic carbocycles. The number of nitrogens with zero attached hydrogens (tertiary/aromatic N) is 1. The Morgan fingerprint density at radius 2 is 2.16 bits per heavy atom. The molecule has 100 valence electrons. The zero-order valence-corrected chi connectivity index (χ0v) is 11.2. The van der Waals surface area contributed by atoms with Gasteiger partial charge in [-0.05, 0) is 30.9 Å². The highest BCUT2D eigenvalue weighted by Gasteiger charge is 2.40. The summed E-state index contributed by atoms with van der Waals surface area (Å²) in [6.45, 7) is 2.28. The standard InChI is InChI=1S/C15H20N4/c1-10-5-2-3-7-13(10)19-14(11(9-16)15(19)17)12-6-4-8-18-12/h4,6,8-10,13,16-18H,2-3,5,7H2,1H3. The van der Waals surface area contributed by atoms with Gasteiger partial charge in [-0.2, -0.15) is 0 Å². The molecule has 1 aromatic heterocycles. The number of rotatable bonds is 3. The summed E-state index contributed by atoms with van der Waals surface area (Å²) in [7, 11) is 0. The van der Waals surface area contributed by atoms with E-state index in [1.807, 2.05) is 18.3 Å². The van der Waals surface area contributed by atoms with Crippen molar-refractivity contribution in [1.29, 1.82) is 10.8 Å². The zero-order chi connectivity index (χ0) is 13.4. The van der Waals surface area contributed by atoms with E-state index >= 15 is 0 Å². The normalized spacial score (nSPS) is 27.4. The first-order valence-corrected chi connectivity index (χ1v) is 7.00. The van der Waals surface area contributed by atoms with E-state index < -0.39 is 0 Å². The lowest BCUT2D eigenvalue weighted by Crippen LogP contribution is -2.51. The quantitative estimate of drug-likeness (QED) is 0.714. The van der Waals surface area contributed by atoms with E-state index in [9.17, 15) is 0 Å². The molecule has 3 N–H and O–H groups in total. The molecule has 1 saturated carbocycles. The fraction of sp³-hybridized carbons (Fsp3) is 0.467. The monoisotopic (exact) mass is 256 g/mol. The van der Waals surface area contributed by atoms with Crippen LogP contribution in [0.2, 0.25) is 0 Å². The maximum atomic E-state index is 8.21. The van der Waals surface area contributed by atoms with Crippen molar-refractivity contribution >= 4 is 17.7 Å². The number of aromatic amines is 1. The summed E-state index contributed by atoms with van der Waals surface area (Å²) in [6.07, 6.45) is 8.15. The molecule has 4 heteroatoms. The van der Waals surface area contributed by atoms with Gasteiger partial charge in [0, 0.05) is 18.5 Å². The Balaban J connectivity index is 1.96. The van der Waals surface area contributed by atoms with Gasteiger partial charge in [0.2, 0.25) is 0 Å². The Morgan fingerprint density at radius 3 is 2.79 bits per heavy atom. The third-order valence-electron chi connectivity index (χ3n) is 4.39. The number of H-pyrrole nitrogens is 1. The van der Waals surface area contributed by atoms with Gasteiger partial charge >= 0.3 is 0 Å². The molecular weight excluding hydrogens is 236 g/mol. The van der Waals surface area contributed by atoms with Gasteiger partial charge in [-0.1, -0.05) is 19.8 Å². The average molecular weight is 256 g/mol. The summed E-state index contributed by atoms with van der Waals surface area (Å²) < 4.78 is 0. The molecule has 0 radical (unpaired) electrons. The molecule has 0 saturated heterocycles. The Hall–Kier alpha value is -1.84. The van der Waals surface area contributed by atoms with Crippen molar-refractivity contribution < 1.29 is 0 Å². The molecule has 1 aromatic rings. The van der Waals surface area contributed by atoms with Crippen LogP contribution in [-0.2, 0) is 0 Å². The van der Waals surface area contributed by atoms with Gasteiger partial charge < -0.3 is 15.3 Å². The lowest BCUT2D eigenvalue weighted by atomic mass is 9.82. The first kappa shape index (κ1) is 12.2. The second-order valence-corrected chi connectivity index (χ2v) is 5.54. The van der Waals surface area contributed by atoms with Crippen molar-refractivity contribution in [3.05, 3.63) is 29.6 Å². The third-order valence-corrected chi connectivity index (χ3v) is 4.39. The highest BCUT2D eigenvalue weighted by molar-refractivity contribution is 6.27. The van der Waals surface area contributed by atoms with Crippen molar-refractivity contribution in [1.82, 2.24) is 9.88 Å². The minimum atomic E-state index is 0.420. The summed E-state index contributed by atoms with van der Waals surface area (Å²) in [4.78, 5) is 5.34. The largest absolute Gasteiger partial charge is 0.360 e. The van der Waals surface area contributed by atoms with Gasteiger partial charge in [0.05, 0.1) is 17.0 Å². The second-order valence-electron chi connectivity index (χ2n) is 5.54. The van der Waals surface area contributed by atoms with E-state index in [0.29, 0.717) is 17.8 Å². The van der Waals surface area contributed by atoms with Crippen LogP contribution in [0.5, 0.6) is 0 Å². The van der Waals surface area contributed by atoms with Crippen LogP contribution >= 0.6 is 0 Å². The minimum absolute atomic E-state index is 0.420. The van der Waals surface area contributed by atoms with Gasteiger partial charge in [-0.15, -0.1) is 0 Å². The lowest BCUT2D eigenvalue weighted by molar-refractivity contribution is 0.222. The van der Waals surface area contributed by atoms with Crippen LogP contribution in [0.1, 0.15) is 38.3 Å². The molecule has 0 spiro atoms. The van der Waals surface area contributed by atoms with E-state index in [-0.39, 0.29) is 0 Å². The zero-order valence-electron chi connectivity index (χ0n) is 11.2. The van der Waals surface area contributed by atoms with Gasteiger partial charge in [0.15, 0.2) is 0 Å². The van der Waals surface area contributed by atoms with Crippen LogP contribution in [0.15, 0.2) is 23.9 Å². The van der Waals surface area contributed by atoms with E-state index in [0.717, 1.165) is 23.4 Å². The van der Waals surface area contributed by atoms with Crippen molar-refractivity contribution in [2.24, 2.45) is 5.92 Å². The van der Waals surface area contributed by atoms with E-state index in [4.69, 9.17) is 10.8 Å². The molecule has 4 nitrogen and oxygen atoms in total. The summed E-state index contributed by atoms with van der Waals surface area (Å²) in [5.74, 6) is 1.13. The van der Waals surface area contributed by atoms with Gasteiger partial charge in [-0.25, -0.2) is 0 Å². The number of aromatic nitrogens is 1. The summed E-state index contributed by atoms with van der Waals surface area (Å²) >= 11 is 0. The Morgan fingerprint density at radius 1 is 1.37 bits per heavy atom. The maximum Gasteiger partial charge on any atom is 0.136 e. The fourth-order valence-corrected chi connectivity index (χ4v) is 3.33. The maximum absolute atomic E-state index is 8.21. The Labute approximate surface area is 113 Å². The minimum Gasteiger partial charge on any atom is -0.360 e. The van der Waals surface area contributed by atoms with Crippen LogP contribution in [0.25, 0.3) is 5.70 Å². The summed E-state index contributed by atoms with van der Waals surface area (Å²) in [6, 6.07) is 4.41. The van der Waals surface area contributed by atoms with Crippen LogP contribution in [-0.4, -0.2) is 28.0 Å². The topological polar surface area (TPSA) is 66.7 Å². The number of hydrogen-bond donors (Lipinski definition) is 3. The van der Waals surface area contributed by atoms with Crippen LogP contribution in [0, 0.1) is 16.7 Å². The van der Waals surface area contributed by atoms with Crippen molar-refractivity contribution in [2.45, 2.75) is 38.6 Å². The van der Waals surface area contributed by atoms with E-state index in [1.165, 1.54) is 25.5 Å². The molecule has 0 amide bonds. The predicted octanol–water partition coefficient (Wildman–Crippen LogP) is 3.25. The predicted molar refractivity (Wildman–Crippen MR) is 77.5 cm³/mol. The first-order valence-electron chi connectivity index (χ1n) is 7.00. The molecule has 2 unspecified atom stereocenters. The number of nitrogens with one attached hydrogen (secondary N) is 3. The summed E-state index contributed by atoms with van der Waals surface area (Å²) in [5.41, 5.74) is 2.80. The summed E-state index contributed by atoms with van der Waals surface area (Å²) in [5, 5.41) is 15.7. The molecule has 1 aliphatic heterocycles. The van der Waals surface area contributed by atoms with Crippen LogP contribution < -0.4 is 0 Å². The molecular formula is C15H20N4. The lowest BCUT2D eigenvalue weighted by Gasteiger charge is -2.47. The Kier molecular flexibility index (Phi) is 3.01. The molecule has 2 atom stereocenters. The van der Waals surface area contributed by atoms with Gasteiger partial charge in [-0.3, -0.25) is 5.41 Å². The number of hydrogen-bond acceptors (Lipinski definition) is 2. The molecule has 2 heterocycles. The Bertz CT molecular complexity index is 526. The van der Waals surface area contributed by atoms with E-state index in [2.05, 4.69) is 16.8 Å². The molecule has 19 heavy (non-hydrogen) atoms. The van der Waals surface area contributed by atoms with Gasteiger partial charge in [0.1, 0.15) is 5.84 Å². The van der Waals surface area contributed by atoms with E-state index in [1.54, 1.807) is 0 Å². The molecule has 1 fully saturated rings. The highest BCUT2D eigenvalue weighted by atomic mass is 15.3. The highest BCUT2D eigenvalue weighted by Crippen LogP contribution is 2.40. The first-order chi connectivity index (χ1) is 9.24. The third kappa shape index (κ3) is 1.82. The molecule has 1 aliphatic carbocycles. The van der Waals surface area contributed by atoms with Crippen molar-refractivity contribution in [3.63, 3.8) is 0 Å². The molecule has 0 bridgehead atoms. The smallest absolute Gasteiger partial charge is 0.136 e. The van der Waals surface area contributed by atoms with Gasteiger partial charge in [0.25, 0.3) is 0 Å². The fourth-order valence-electron chi connectivity index (χ4n) is 3.33.